The molecule has 0 bridgehead atoms. The van der Waals surface area contributed by atoms with E-state index in [-0.39, 0.29) is 5.91 Å². The summed E-state index contributed by atoms with van der Waals surface area (Å²) in [4.78, 5) is 16.9. The van der Waals surface area contributed by atoms with E-state index in [2.05, 4.69) is 25.9 Å². The van der Waals surface area contributed by atoms with Gasteiger partial charge in [0.1, 0.15) is 11.7 Å². The maximum atomic E-state index is 12.5. The molecule has 146 valence electrons. The molecule has 0 saturated carbocycles. The van der Waals surface area contributed by atoms with Gasteiger partial charge in [0.25, 0.3) is 5.91 Å². The zero-order valence-electron chi connectivity index (χ0n) is 15.8. The molecule has 0 aliphatic carbocycles. The van der Waals surface area contributed by atoms with E-state index in [1.807, 2.05) is 48.1 Å². The third-order valence-electron chi connectivity index (χ3n) is 4.89. The fraction of sp³-hybridized carbons (Fsp3) is 0.400. The van der Waals surface area contributed by atoms with Crippen molar-refractivity contribution in [3.8, 4) is 0 Å². The van der Waals surface area contributed by atoms with Crippen LogP contribution in [0.2, 0.25) is 0 Å². The van der Waals surface area contributed by atoms with E-state index in [1.165, 1.54) is 0 Å². The molecular weight excluding hydrogens is 356 g/mol. The van der Waals surface area contributed by atoms with E-state index in [0.29, 0.717) is 29.9 Å². The summed E-state index contributed by atoms with van der Waals surface area (Å²) in [7, 11) is 0. The Morgan fingerprint density at radius 1 is 1.36 bits per heavy atom. The molecule has 1 aliphatic rings. The molecule has 2 aromatic heterocycles. The van der Waals surface area contributed by atoms with Gasteiger partial charge in [0.2, 0.25) is 5.89 Å². The van der Waals surface area contributed by atoms with E-state index in [1.54, 1.807) is 6.07 Å². The smallest absolute Gasteiger partial charge is 0.272 e. The quantitative estimate of drug-likeness (QED) is 0.681. The second-order valence-electron chi connectivity index (χ2n) is 7.09. The predicted octanol–water partition coefficient (Wildman–Crippen LogP) is 2.27. The first-order valence-corrected chi connectivity index (χ1v) is 9.62. The van der Waals surface area contributed by atoms with Crippen LogP contribution >= 0.6 is 0 Å². The lowest BCUT2D eigenvalue weighted by molar-refractivity contribution is 0.0926. The van der Waals surface area contributed by atoms with Gasteiger partial charge in [-0.2, -0.15) is 10.1 Å². The van der Waals surface area contributed by atoms with E-state index >= 15 is 0 Å². The molecule has 3 heterocycles. The maximum Gasteiger partial charge on any atom is 0.272 e. The van der Waals surface area contributed by atoms with Gasteiger partial charge in [-0.3, -0.25) is 9.48 Å². The summed E-state index contributed by atoms with van der Waals surface area (Å²) in [5, 5.41) is 14.7. The summed E-state index contributed by atoms with van der Waals surface area (Å²) in [6.07, 6.45) is 4.64. The number of carbonyl (C=O) groups excluding carboxylic acids is 1. The van der Waals surface area contributed by atoms with E-state index in [4.69, 9.17) is 4.52 Å². The van der Waals surface area contributed by atoms with Crippen molar-refractivity contribution in [2.45, 2.75) is 38.3 Å². The zero-order chi connectivity index (χ0) is 19.3. The van der Waals surface area contributed by atoms with Gasteiger partial charge < -0.3 is 15.2 Å². The molecule has 1 aromatic carbocycles. The lowest BCUT2D eigenvalue weighted by atomic mass is 10.1. The summed E-state index contributed by atoms with van der Waals surface area (Å²) >= 11 is 0. The molecule has 1 fully saturated rings. The van der Waals surface area contributed by atoms with E-state index in [9.17, 15) is 4.79 Å². The van der Waals surface area contributed by atoms with Crippen molar-refractivity contribution in [3.63, 3.8) is 0 Å². The van der Waals surface area contributed by atoms with Gasteiger partial charge >= 0.3 is 0 Å². The largest absolute Gasteiger partial charge is 0.339 e. The lowest BCUT2D eigenvalue weighted by Gasteiger charge is -2.22. The summed E-state index contributed by atoms with van der Waals surface area (Å²) in [5.74, 6) is 0.726. The number of aromatic nitrogens is 4. The third kappa shape index (κ3) is 4.28. The average Bonchev–Trinajstić information content (AvgIpc) is 3.39. The van der Waals surface area contributed by atoms with Crippen LogP contribution in [0.25, 0.3) is 0 Å². The minimum absolute atomic E-state index is 0.252. The Kier molecular flexibility index (Phi) is 5.48. The van der Waals surface area contributed by atoms with Crippen LogP contribution in [0, 0.1) is 0 Å². The third-order valence-corrected chi connectivity index (χ3v) is 4.89. The van der Waals surface area contributed by atoms with Gasteiger partial charge in [-0.1, -0.05) is 35.5 Å². The number of nitrogens with one attached hydrogen (secondary N) is 2. The molecule has 28 heavy (non-hydrogen) atoms. The average molecular weight is 380 g/mol. The highest BCUT2D eigenvalue weighted by Crippen LogP contribution is 2.17. The Morgan fingerprint density at radius 2 is 2.21 bits per heavy atom. The Morgan fingerprint density at radius 3 is 3.00 bits per heavy atom. The van der Waals surface area contributed by atoms with Crippen molar-refractivity contribution in [2.24, 2.45) is 0 Å². The van der Waals surface area contributed by atoms with Crippen LogP contribution in [0.3, 0.4) is 0 Å². The van der Waals surface area contributed by atoms with Crippen LogP contribution in [0.4, 0.5) is 0 Å². The zero-order valence-corrected chi connectivity index (χ0v) is 15.8. The van der Waals surface area contributed by atoms with Crippen molar-refractivity contribution >= 4 is 5.91 Å². The van der Waals surface area contributed by atoms with Crippen molar-refractivity contribution in [1.82, 2.24) is 30.6 Å². The lowest BCUT2D eigenvalue weighted by Crippen LogP contribution is -2.32. The highest BCUT2D eigenvalue weighted by Gasteiger charge is 2.21. The number of nitrogens with zero attached hydrogens (tertiary/aromatic N) is 4. The molecule has 4 rings (SSSR count). The molecular formula is C20H24N6O2. The maximum absolute atomic E-state index is 12.5. The fourth-order valence-electron chi connectivity index (χ4n) is 3.35. The minimum atomic E-state index is -0.397. The van der Waals surface area contributed by atoms with Gasteiger partial charge in [0.05, 0.1) is 6.04 Å². The molecule has 2 atom stereocenters. The highest BCUT2D eigenvalue weighted by atomic mass is 16.5. The Labute approximate surface area is 163 Å². The number of hydrogen-bond donors (Lipinski definition) is 2. The molecule has 0 radical (unpaired) electrons. The number of benzene rings is 1. The van der Waals surface area contributed by atoms with E-state index < -0.39 is 6.04 Å². The molecule has 1 amide bonds. The normalized spacial score (nSPS) is 18.0. The number of carbonyl (C=O) groups is 1. The number of rotatable bonds is 6. The first-order chi connectivity index (χ1) is 13.7. The molecule has 2 unspecified atom stereocenters. The Bertz CT molecular complexity index is 914. The van der Waals surface area contributed by atoms with Crippen LogP contribution in [-0.2, 0) is 6.42 Å². The predicted molar refractivity (Wildman–Crippen MR) is 103 cm³/mol. The Hall–Kier alpha value is -3.00. The fourth-order valence-corrected chi connectivity index (χ4v) is 3.35. The van der Waals surface area contributed by atoms with Crippen molar-refractivity contribution < 1.29 is 9.32 Å². The molecule has 2 N–H and O–H groups in total. The van der Waals surface area contributed by atoms with Gasteiger partial charge in [-0.25, -0.2) is 0 Å². The van der Waals surface area contributed by atoms with Crippen molar-refractivity contribution in [2.75, 3.05) is 13.1 Å². The summed E-state index contributed by atoms with van der Waals surface area (Å²) in [6.45, 7) is 3.74. The van der Waals surface area contributed by atoms with Crippen molar-refractivity contribution in [1.29, 1.82) is 0 Å². The van der Waals surface area contributed by atoms with Crippen LogP contribution in [0.15, 0.2) is 47.1 Å². The van der Waals surface area contributed by atoms with Gasteiger partial charge in [-0.15, -0.1) is 0 Å². The SMILES string of the molecule is CC(NC(=O)c1ccn(C2CCCNC2)n1)c1nc(Cc2ccccc2)no1. The van der Waals surface area contributed by atoms with Crippen LogP contribution < -0.4 is 10.6 Å². The van der Waals surface area contributed by atoms with Gasteiger partial charge in [-0.05, 0) is 37.9 Å². The standard InChI is InChI=1S/C20H24N6O2/c1-14(20-23-18(25-28-20)12-15-6-3-2-4-7-15)22-19(27)17-9-11-26(24-17)16-8-5-10-21-13-16/h2-4,6-7,9,11,14,16,21H,5,8,10,12-13H2,1H3,(H,22,27). The second kappa shape index (κ2) is 8.35. The number of piperidine rings is 1. The molecule has 1 aliphatic heterocycles. The van der Waals surface area contributed by atoms with Crippen LogP contribution in [0.1, 0.15) is 59.6 Å². The first-order valence-electron chi connectivity index (χ1n) is 9.62. The topological polar surface area (TPSA) is 97.9 Å². The summed E-state index contributed by atoms with van der Waals surface area (Å²) < 4.78 is 7.20. The van der Waals surface area contributed by atoms with Gasteiger partial charge in [0, 0.05) is 19.2 Å². The van der Waals surface area contributed by atoms with Crippen LogP contribution in [0.5, 0.6) is 0 Å². The number of amides is 1. The molecule has 8 heteroatoms. The first kappa shape index (κ1) is 18.4. The molecule has 3 aromatic rings. The van der Waals surface area contributed by atoms with Gasteiger partial charge in [0.15, 0.2) is 5.82 Å². The minimum Gasteiger partial charge on any atom is -0.339 e. The number of hydrogen-bond acceptors (Lipinski definition) is 6. The second-order valence-corrected chi connectivity index (χ2v) is 7.09. The Balaban J connectivity index is 1.36. The molecule has 1 saturated heterocycles. The summed E-state index contributed by atoms with van der Waals surface area (Å²) in [5.41, 5.74) is 1.50. The molecule has 0 spiro atoms. The van der Waals surface area contributed by atoms with Crippen molar-refractivity contribution in [3.05, 3.63) is 65.6 Å². The highest BCUT2D eigenvalue weighted by molar-refractivity contribution is 5.92. The van der Waals surface area contributed by atoms with Crippen LogP contribution in [-0.4, -0.2) is 38.9 Å². The van der Waals surface area contributed by atoms with E-state index in [0.717, 1.165) is 31.5 Å². The molecule has 8 nitrogen and oxygen atoms in total. The summed E-state index contributed by atoms with van der Waals surface area (Å²) in [6, 6.07) is 11.6. The monoisotopic (exact) mass is 380 g/mol.